The van der Waals surface area contributed by atoms with Crippen LogP contribution in [0.15, 0.2) is 23.2 Å². The van der Waals surface area contributed by atoms with E-state index in [1.54, 1.807) is 39.0 Å². The summed E-state index contributed by atoms with van der Waals surface area (Å²) in [6.07, 6.45) is 3.64. The van der Waals surface area contributed by atoms with Crippen LogP contribution in [0.5, 0.6) is 0 Å². The minimum atomic E-state index is -1.15. The second-order valence-corrected chi connectivity index (χ2v) is 24.6. The molecule has 28 nitrogen and oxygen atoms in total. The quantitative estimate of drug-likeness (QED) is 0.0400. The molecule has 0 spiro atoms. The fourth-order valence-electron chi connectivity index (χ4n) is 8.20. The summed E-state index contributed by atoms with van der Waals surface area (Å²) in [6, 6.07) is -1.19. The van der Waals surface area contributed by atoms with Gasteiger partial charge in [-0.1, -0.05) is 13.8 Å². The number of rotatable bonds is 37. The first-order valence-corrected chi connectivity index (χ1v) is 30.3. The summed E-state index contributed by atoms with van der Waals surface area (Å²) in [5, 5.41) is 36.1. The number of nitrogens with two attached hydrogens (primary N) is 1. The molecule has 13 N–H and O–H groups in total. The van der Waals surface area contributed by atoms with E-state index in [1.165, 1.54) is 30.0 Å². The van der Waals surface area contributed by atoms with Crippen molar-refractivity contribution in [2.24, 2.45) is 16.6 Å². The zero-order valence-corrected chi connectivity index (χ0v) is 52.2. The third kappa shape index (κ3) is 28.6. The monoisotopic (exact) mass is 1230 g/mol. The van der Waals surface area contributed by atoms with E-state index in [0.717, 1.165) is 17.7 Å². The first-order chi connectivity index (χ1) is 40.0. The minimum Gasteiger partial charge on any atom is -0.480 e. The number of carboxylic acid groups (broad SMARTS) is 1. The van der Waals surface area contributed by atoms with E-state index >= 15 is 0 Å². The predicted molar refractivity (Wildman–Crippen MR) is 324 cm³/mol. The van der Waals surface area contributed by atoms with Gasteiger partial charge >= 0.3 is 12.1 Å². The second-order valence-electron chi connectivity index (χ2n) is 22.5. The topological polar surface area (TPSA) is 395 Å². The molecule has 0 saturated heterocycles. The Hall–Kier alpha value is -7.02. The van der Waals surface area contributed by atoms with Gasteiger partial charge in [-0.05, 0) is 164 Å². The molecule has 1 aromatic carbocycles. The van der Waals surface area contributed by atoms with E-state index in [2.05, 4.69) is 63.1 Å². The van der Waals surface area contributed by atoms with Gasteiger partial charge in [0, 0.05) is 11.4 Å². The fraction of sp³-hybridized carbons (Fsp3) is 0.655. The van der Waals surface area contributed by atoms with Crippen molar-refractivity contribution in [2.45, 2.75) is 148 Å². The Morgan fingerprint density at radius 1 is 0.647 bits per heavy atom. The SMILES string of the molecule is CC(C)C[C@H](NC(=O)CNC(=O)[C@H](CCCCN(C)C)NC(=O)OC(C)(C)C)C(=O)NCC(=O)N[C@@H](CCCCN(C)C)C(=O)NCC(=O)NCC(=O)N[C@@H](C)C(=O)NC(CCCCN)C(=O)Nc1ccc2nc(C3=NC(C(=O)O)CS3)sc2c1. The number of amides is 10. The van der Waals surface area contributed by atoms with Crippen LogP contribution in [-0.4, -0.2) is 212 Å². The maximum absolute atomic E-state index is 13.6. The minimum absolute atomic E-state index is 0.0916. The van der Waals surface area contributed by atoms with Gasteiger partial charge in [0.05, 0.1) is 36.4 Å². The van der Waals surface area contributed by atoms with Crippen LogP contribution >= 0.6 is 23.1 Å². The smallest absolute Gasteiger partial charge is 0.408 e. The number of unbranched alkanes of at least 4 members (excludes halogenated alkanes) is 3. The molecule has 0 fully saturated rings. The van der Waals surface area contributed by atoms with Crippen LogP contribution in [0.25, 0.3) is 10.2 Å². The molecule has 0 aliphatic carbocycles. The Bertz CT molecular complexity index is 2650. The van der Waals surface area contributed by atoms with Crippen molar-refractivity contribution in [2.75, 3.05) is 85.1 Å². The summed E-state index contributed by atoms with van der Waals surface area (Å²) in [5.41, 5.74) is 5.93. The molecule has 2 aromatic rings. The van der Waals surface area contributed by atoms with Crippen LogP contribution in [0.4, 0.5) is 10.5 Å². The van der Waals surface area contributed by atoms with Gasteiger partial charge in [0.15, 0.2) is 6.04 Å². The summed E-state index contributed by atoms with van der Waals surface area (Å²) in [7, 11) is 7.60. The van der Waals surface area contributed by atoms with Crippen molar-refractivity contribution >= 4 is 109 Å². The number of hydrogen-bond donors (Lipinski definition) is 12. The molecule has 6 atom stereocenters. The molecule has 0 saturated carbocycles. The van der Waals surface area contributed by atoms with Crippen molar-refractivity contribution in [3.63, 3.8) is 0 Å². The number of alkyl carbamates (subject to hydrolysis) is 1. The molecule has 3 rings (SSSR count). The molecule has 474 valence electrons. The Labute approximate surface area is 505 Å². The molecule has 30 heteroatoms. The van der Waals surface area contributed by atoms with Crippen molar-refractivity contribution in [3.05, 3.63) is 23.2 Å². The summed E-state index contributed by atoms with van der Waals surface area (Å²) in [5.74, 6) is -6.99. The van der Waals surface area contributed by atoms with Gasteiger partial charge in [0.25, 0.3) is 0 Å². The number of aliphatic imine (C=N–C) groups is 1. The molecule has 0 radical (unpaired) electrons. The number of ether oxygens (including phenoxy) is 1. The van der Waals surface area contributed by atoms with Crippen molar-refractivity contribution in [1.82, 2.24) is 62.6 Å². The number of nitrogens with zero attached hydrogens (tertiary/aromatic N) is 4. The Balaban J connectivity index is 1.53. The van der Waals surface area contributed by atoms with E-state index in [4.69, 9.17) is 10.5 Å². The number of anilines is 1. The van der Waals surface area contributed by atoms with Gasteiger partial charge in [-0.25, -0.2) is 14.6 Å². The highest BCUT2D eigenvalue weighted by molar-refractivity contribution is 8.15. The molecule has 85 heavy (non-hydrogen) atoms. The van der Waals surface area contributed by atoms with Crippen molar-refractivity contribution < 1.29 is 62.6 Å². The van der Waals surface area contributed by atoms with Crippen molar-refractivity contribution in [1.29, 1.82) is 0 Å². The summed E-state index contributed by atoms with van der Waals surface area (Å²) in [6.45, 7) is 9.67. The molecular weight excluding hydrogens is 1140 g/mol. The largest absolute Gasteiger partial charge is 0.480 e. The van der Waals surface area contributed by atoms with Crippen molar-refractivity contribution in [3.8, 4) is 0 Å². The number of aromatic nitrogens is 1. The summed E-state index contributed by atoms with van der Waals surface area (Å²) in [4.78, 5) is 156. The Morgan fingerprint density at radius 3 is 1.68 bits per heavy atom. The van der Waals surface area contributed by atoms with E-state index in [0.29, 0.717) is 72.2 Å². The average Bonchev–Trinajstić information content (AvgIpc) is 4.20. The van der Waals surface area contributed by atoms with Gasteiger partial charge in [-0.2, -0.15) is 0 Å². The standard InChI is InChI=1S/C55H89N15O13S2/c1-32(2)25-39(64-45(74)30-59-48(77)37(19-13-16-24-70(9)10)68-54(82)83-55(4,5)6)49(78)60-29-44(73)63-36(18-12-15-23-69(7)8)47(76)58-27-42(71)57-28-43(72)61-33(3)46(75)65-38(17-11-14-22-56)50(79)62-34-20-21-35-41(26-34)85-52(66-35)51-67-40(31-84-51)53(80)81/h20-21,26,32-33,36-40H,11-19,22-25,27-31,56H2,1-10H3,(H,57,71)(H,58,76)(H,59,77)(H,60,78)(H,61,72)(H,62,79)(H,63,73)(H,64,74)(H,65,75)(H,68,82)(H,80,81)/t33-,36-,37-,38?,39-,40?/m0/s1. The molecule has 2 unspecified atom stereocenters. The number of carboxylic acids is 1. The molecule has 1 aromatic heterocycles. The van der Waals surface area contributed by atoms with Crippen LogP contribution in [0.1, 0.15) is 111 Å². The first kappa shape index (κ1) is 72.2. The maximum Gasteiger partial charge on any atom is 0.408 e. The van der Waals surface area contributed by atoms with E-state index in [9.17, 15) is 57.8 Å². The van der Waals surface area contributed by atoms with Gasteiger partial charge in [-0.15, -0.1) is 23.1 Å². The predicted octanol–water partition coefficient (Wildman–Crippen LogP) is 0.137. The first-order valence-electron chi connectivity index (χ1n) is 28.5. The summed E-state index contributed by atoms with van der Waals surface area (Å²) < 4.78 is 6.05. The number of carbonyl (C=O) groups excluding carboxylic acids is 10. The summed E-state index contributed by atoms with van der Waals surface area (Å²) >= 11 is 2.60. The lowest BCUT2D eigenvalue weighted by molar-refractivity contribution is -0.138. The van der Waals surface area contributed by atoms with Crippen LogP contribution in [0.2, 0.25) is 0 Å². The molecule has 10 amide bonds. The molecular formula is C55H89N15O13S2. The van der Waals surface area contributed by atoms with E-state index in [1.807, 2.05) is 51.8 Å². The molecule has 1 aliphatic heterocycles. The lowest BCUT2D eigenvalue weighted by atomic mass is 10.0. The van der Waals surface area contributed by atoms with Gasteiger partial charge < -0.3 is 78.5 Å². The number of benzene rings is 1. The van der Waals surface area contributed by atoms with Crippen LogP contribution in [0, 0.1) is 5.92 Å². The highest BCUT2D eigenvalue weighted by atomic mass is 32.2. The average molecular weight is 1230 g/mol. The second kappa shape index (κ2) is 36.7. The number of nitrogens with one attached hydrogen (secondary N) is 10. The number of fused-ring (bicyclic) bond motifs is 1. The van der Waals surface area contributed by atoms with Gasteiger partial charge in [0.2, 0.25) is 53.2 Å². The highest BCUT2D eigenvalue weighted by Crippen LogP contribution is 2.31. The fourth-order valence-corrected chi connectivity index (χ4v) is 10.3. The Morgan fingerprint density at radius 2 is 1.15 bits per heavy atom. The number of carbonyl (C=O) groups is 11. The van der Waals surface area contributed by atoms with Gasteiger partial charge in [0.1, 0.15) is 45.9 Å². The third-order valence-electron chi connectivity index (χ3n) is 12.6. The lowest BCUT2D eigenvalue weighted by Crippen LogP contribution is -2.54. The number of aliphatic carboxylic acids is 1. The molecule has 2 heterocycles. The van der Waals surface area contributed by atoms with E-state index in [-0.39, 0.29) is 31.6 Å². The lowest BCUT2D eigenvalue weighted by Gasteiger charge is -2.24. The zero-order valence-electron chi connectivity index (χ0n) is 50.5. The molecule has 0 bridgehead atoms. The normalized spacial score (nSPS) is 14.9. The number of thioether (sulfide) groups is 1. The van der Waals surface area contributed by atoms with E-state index < -0.39 is 133 Å². The molecule has 1 aliphatic rings. The number of hydrogen-bond acceptors (Lipinski definition) is 19. The number of thiazole rings is 1. The van der Waals surface area contributed by atoms with Crippen LogP contribution in [-0.2, 0) is 52.7 Å². The maximum atomic E-state index is 13.6. The van der Waals surface area contributed by atoms with Crippen LogP contribution in [0.3, 0.4) is 0 Å². The third-order valence-corrected chi connectivity index (χ3v) is 14.8. The zero-order chi connectivity index (χ0) is 63.4. The highest BCUT2D eigenvalue weighted by Gasteiger charge is 2.30. The van der Waals surface area contributed by atoms with Gasteiger partial charge in [-0.3, -0.25) is 48.1 Å². The Kier molecular flexibility index (Phi) is 31.2. The van der Waals surface area contributed by atoms with Crippen LogP contribution < -0.4 is 58.9 Å².